The number of nitro groups is 1. The van der Waals surface area contributed by atoms with Crippen LogP contribution >= 0.6 is 0 Å². The number of benzene rings is 1. The van der Waals surface area contributed by atoms with E-state index in [1.807, 2.05) is 18.2 Å². The summed E-state index contributed by atoms with van der Waals surface area (Å²) in [6.07, 6.45) is 8.00. The maximum absolute atomic E-state index is 11.6. The van der Waals surface area contributed by atoms with E-state index < -0.39 is 4.92 Å². The lowest BCUT2D eigenvalue weighted by Gasteiger charge is -1.96. The van der Waals surface area contributed by atoms with E-state index >= 15 is 0 Å². The number of pyridine rings is 1. The van der Waals surface area contributed by atoms with Crippen LogP contribution in [0.25, 0.3) is 6.08 Å². The lowest BCUT2D eigenvalue weighted by atomic mass is 10.2. The van der Waals surface area contributed by atoms with Crippen molar-refractivity contribution in [1.29, 1.82) is 0 Å². The van der Waals surface area contributed by atoms with E-state index in [-0.39, 0.29) is 30.5 Å². The second kappa shape index (κ2) is 9.86. The summed E-state index contributed by atoms with van der Waals surface area (Å²) < 4.78 is 1.72. The number of carbonyl (C=O) groups is 1. The SMILES string of the molecule is O=C(C[n+]1ccccc1)N/N=C/C=C/c1ccccc1[N+](=O)[O-].[Cl-]. The zero-order chi connectivity index (χ0) is 16.5. The normalized spacial score (nSPS) is 10.5. The summed E-state index contributed by atoms with van der Waals surface area (Å²) in [6, 6.07) is 11.9. The van der Waals surface area contributed by atoms with Crippen molar-refractivity contribution in [3.05, 3.63) is 76.6 Å². The first-order valence-electron chi connectivity index (χ1n) is 6.83. The van der Waals surface area contributed by atoms with Crippen molar-refractivity contribution in [1.82, 2.24) is 5.43 Å². The van der Waals surface area contributed by atoms with E-state index in [0.29, 0.717) is 5.56 Å². The van der Waals surface area contributed by atoms with Gasteiger partial charge in [-0.25, -0.2) is 5.43 Å². The Balaban J connectivity index is 0.00000288. The molecule has 0 bridgehead atoms. The molecule has 1 amide bonds. The molecule has 0 spiro atoms. The lowest BCUT2D eigenvalue weighted by molar-refractivity contribution is -0.684. The summed E-state index contributed by atoms with van der Waals surface area (Å²) in [4.78, 5) is 22.0. The highest BCUT2D eigenvalue weighted by atomic mass is 35.5. The second-order valence-corrected chi connectivity index (χ2v) is 4.54. The predicted molar refractivity (Wildman–Crippen MR) is 85.4 cm³/mol. The number of aromatic nitrogens is 1. The number of allylic oxidation sites excluding steroid dienone is 1. The first-order chi connectivity index (χ1) is 11.2. The van der Waals surface area contributed by atoms with Crippen LogP contribution in [0.1, 0.15) is 5.56 Å². The standard InChI is InChI=1S/C16H14N4O3.ClH/c21-16(13-19-11-4-1-5-12-19)18-17-10-6-8-14-7-2-3-9-15(14)20(22)23;/h1-12H,13H2;1H/b8-6+,17-10+;. The Morgan fingerprint density at radius 2 is 1.92 bits per heavy atom. The molecule has 0 saturated heterocycles. The number of hydrogen-bond acceptors (Lipinski definition) is 4. The van der Waals surface area contributed by atoms with Gasteiger partial charge in [0.15, 0.2) is 12.4 Å². The van der Waals surface area contributed by atoms with Gasteiger partial charge in [0.05, 0.1) is 10.5 Å². The van der Waals surface area contributed by atoms with Crippen molar-refractivity contribution in [2.75, 3.05) is 0 Å². The summed E-state index contributed by atoms with van der Waals surface area (Å²) in [5.74, 6) is -0.267. The molecule has 0 aliphatic carbocycles. The molecule has 0 aliphatic rings. The van der Waals surface area contributed by atoms with Crippen LogP contribution in [0.4, 0.5) is 5.69 Å². The van der Waals surface area contributed by atoms with E-state index in [4.69, 9.17) is 0 Å². The number of halogens is 1. The molecule has 0 saturated carbocycles. The molecule has 1 N–H and O–H groups in total. The zero-order valence-corrected chi connectivity index (χ0v) is 13.3. The van der Waals surface area contributed by atoms with Crippen LogP contribution in [0.2, 0.25) is 0 Å². The molecule has 1 aromatic carbocycles. The van der Waals surface area contributed by atoms with Gasteiger partial charge in [0.1, 0.15) is 0 Å². The highest BCUT2D eigenvalue weighted by Crippen LogP contribution is 2.18. The molecule has 2 aromatic rings. The predicted octanol–water partition coefficient (Wildman–Crippen LogP) is -1.30. The average molecular weight is 347 g/mol. The van der Waals surface area contributed by atoms with Crippen molar-refractivity contribution < 1.29 is 26.7 Å². The van der Waals surface area contributed by atoms with Crippen LogP contribution in [0, 0.1) is 10.1 Å². The molecule has 24 heavy (non-hydrogen) atoms. The van der Waals surface area contributed by atoms with E-state index in [1.165, 1.54) is 18.4 Å². The number of nitro benzene ring substituents is 1. The minimum Gasteiger partial charge on any atom is -1.00 e. The van der Waals surface area contributed by atoms with E-state index in [1.54, 1.807) is 41.2 Å². The Morgan fingerprint density at radius 3 is 2.62 bits per heavy atom. The van der Waals surface area contributed by atoms with Gasteiger partial charge in [0, 0.05) is 24.4 Å². The number of hydrogen-bond donors (Lipinski definition) is 1. The van der Waals surface area contributed by atoms with E-state index in [9.17, 15) is 14.9 Å². The van der Waals surface area contributed by atoms with Crippen molar-refractivity contribution in [2.45, 2.75) is 6.54 Å². The quantitative estimate of drug-likeness (QED) is 0.305. The van der Waals surface area contributed by atoms with Gasteiger partial charge in [-0.15, -0.1) is 0 Å². The highest BCUT2D eigenvalue weighted by molar-refractivity contribution is 5.81. The van der Waals surface area contributed by atoms with Crippen LogP contribution < -0.4 is 22.4 Å². The topological polar surface area (TPSA) is 88.5 Å². The molecule has 2 rings (SSSR count). The van der Waals surface area contributed by atoms with Gasteiger partial charge in [-0.2, -0.15) is 9.67 Å². The Bertz CT molecular complexity index is 748. The third-order valence-corrected chi connectivity index (χ3v) is 2.86. The Kier molecular flexibility index (Phi) is 7.80. The molecular formula is C16H15ClN4O3. The van der Waals surface area contributed by atoms with Crippen LogP contribution in [0.15, 0.2) is 66.0 Å². The summed E-state index contributed by atoms with van der Waals surface area (Å²) in [5, 5.41) is 14.6. The van der Waals surface area contributed by atoms with Crippen LogP contribution in [0.3, 0.4) is 0 Å². The molecule has 7 nitrogen and oxygen atoms in total. The molecule has 0 atom stereocenters. The molecule has 1 aromatic heterocycles. The fourth-order valence-electron chi connectivity index (χ4n) is 1.83. The third kappa shape index (κ3) is 5.98. The highest BCUT2D eigenvalue weighted by Gasteiger charge is 2.08. The Hall–Kier alpha value is -3.06. The molecule has 0 fully saturated rings. The largest absolute Gasteiger partial charge is 1.00 e. The lowest BCUT2D eigenvalue weighted by Crippen LogP contribution is -3.00. The first kappa shape index (κ1) is 19.0. The molecule has 0 unspecified atom stereocenters. The minimum atomic E-state index is -0.449. The van der Waals surface area contributed by atoms with Gasteiger partial charge in [-0.3, -0.25) is 14.9 Å². The Labute approximate surface area is 144 Å². The number of amides is 1. The number of nitrogens with one attached hydrogen (secondary N) is 1. The van der Waals surface area contributed by atoms with Gasteiger partial charge in [-0.1, -0.05) is 18.2 Å². The number of rotatable bonds is 6. The zero-order valence-electron chi connectivity index (χ0n) is 12.6. The molecule has 0 aliphatic heterocycles. The van der Waals surface area contributed by atoms with Crippen molar-refractivity contribution in [3.8, 4) is 0 Å². The first-order valence-corrected chi connectivity index (χ1v) is 6.83. The second-order valence-electron chi connectivity index (χ2n) is 4.54. The van der Waals surface area contributed by atoms with Gasteiger partial charge in [-0.05, 0) is 18.2 Å². The van der Waals surface area contributed by atoms with E-state index in [2.05, 4.69) is 10.5 Å². The summed E-state index contributed by atoms with van der Waals surface area (Å²) in [6.45, 7) is 0.159. The van der Waals surface area contributed by atoms with Crippen LogP contribution in [-0.2, 0) is 11.3 Å². The summed E-state index contributed by atoms with van der Waals surface area (Å²) in [7, 11) is 0. The van der Waals surface area contributed by atoms with Gasteiger partial charge >= 0.3 is 5.91 Å². The number of carbonyl (C=O) groups excluding carboxylic acids is 1. The van der Waals surface area contributed by atoms with Crippen molar-refractivity contribution in [2.24, 2.45) is 5.10 Å². The van der Waals surface area contributed by atoms with Crippen LogP contribution in [-0.4, -0.2) is 17.0 Å². The maximum Gasteiger partial charge on any atom is 0.305 e. The molecule has 1 heterocycles. The van der Waals surface area contributed by atoms with Gasteiger partial charge in [0.25, 0.3) is 5.69 Å². The molecular weight excluding hydrogens is 332 g/mol. The van der Waals surface area contributed by atoms with E-state index in [0.717, 1.165) is 0 Å². The average Bonchev–Trinajstić information content (AvgIpc) is 2.55. The van der Waals surface area contributed by atoms with Crippen LogP contribution in [0.5, 0.6) is 0 Å². The van der Waals surface area contributed by atoms with Crippen molar-refractivity contribution in [3.63, 3.8) is 0 Å². The van der Waals surface area contributed by atoms with Gasteiger partial charge < -0.3 is 12.4 Å². The van der Waals surface area contributed by atoms with Gasteiger partial charge in [0.2, 0.25) is 6.54 Å². The minimum absolute atomic E-state index is 0. The fourth-order valence-corrected chi connectivity index (χ4v) is 1.83. The maximum atomic E-state index is 11.6. The Morgan fingerprint density at radius 1 is 1.21 bits per heavy atom. The number of para-hydroxylation sites is 1. The molecule has 124 valence electrons. The fraction of sp³-hybridized carbons (Fsp3) is 0.0625. The monoisotopic (exact) mass is 346 g/mol. The number of hydrazone groups is 1. The molecule has 8 heteroatoms. The smallest absolute Gasteiger partial charge is 0.305 e. The summed E-state index contributed by atoms with van der Waals surface area (Å²) >= 11 is 0. The summed E-state index contributed by atoms with van der Waals surface area (Å²) in [5.41, 5.74) is 2.86. The van der Waals surface area contributed by atoms with Crippen molar-refractivity contribution >= 4 is 23.9 Å². The number of nitrogens with zero attached hydrogens (tertiary/aromatic N) is 3. The molecule has 0 radical (unpaired) electrons. The third-order valence-electron chi connectivity index (χ3n) is 2.86.